The van der Waals surface area contributed by atoms with E-state index in [0.29, 0.717) is 0 Å². The van der Waals surface area contributed by atoms with Gasteiger partial charge in [-0.15, -0.1) is 0 Å². The molecule has 2 fully saturated rings. The van der Waals surface area contributed by atoms with Gasteiger partial charge in [-0.2, -0.15) is 0 Å². The smallest absolute Gasteiger partial charge is 0.0126 e. The first-order valence-corrected chi connectivity index (χ1v) is 10.5. The van der Waals surface area contributed by atoms with Crippen LogP contribution in [-0.4, -0.2) is 11.3 Å². The van der Waals surface area contributed by atoms with Crippen molar-refractivity contribution >= 4 is 7.92 Å². The summed E-state index contributed by atoms with van der Waals surface area (Å²) in [5.41, 5.74) is 3.94. The molecule has 1 heteroatoms. The van der Waals surface area contributed by atoms with Crippen molar-refractivity contribution in [1.29, 1.82) is 0 Å². The maximum atomic E-state index is 2.55. The van der Waals surface area contributed by atoms with Crippen LogP contribution in [-0.2, 0) is 0 Å². The molecule has 0 N–H and O–H groups in total. The van der Waals surface area contributed by atoms with Gasteiger partial charge in [0.1, 0.15) is 0 Å². The summed E-state index contributed by atoms with van der Waals surface area (Å²) in [6.07, 6.45) is 22.8. The van der Waals surface area contributed by atoms with Gasteiger partial charge in [0.2, 0.25) is 0 Å². The van der Waals surface area contributed by atoms with Crippen molar-refractivity contribution in [2.75, 3.05) is 0 Å². The molecule has 0 spiro atoms. The van der Waals surface area contributed by atoms with Gasteiger partial charge < -0.3 is 0 Å². The molecule has 3 rings (SSSR count). The van der Waals surface area contributed by atoms with E-state index in [4.69, 9.17) is 0 Å². The Morgan fingerprint density at radius 3 is 1.95 bits per heavy atom. The molecular formula is C19H31P. The summed E-state index contributed by atoms with van der Waals surface area (Å²) in [5.74, 6) is 0. The highest BCUT2D eigenvalue weighted by Crippen LogP contribution is 2.63. The molecular weight excluding hydrogens is 259 g/mol. The Balaban J connectivity index is 1.83. The van der Waals surface area contributed by atoms with E-state index in [9.17, 15) is 0 Å². The molecule has 0 aromatic rings. The second kappa shape index (κ2) is 7.26. The molecule has 3 aliphatic carbocycles. The van der Waals surface area contributed by atoms with E-state index in [0.717, 1.165) is 11.3 Å². The molecule has 0 bridgehead atoms. The van der Waals surface area contributed by atoms with Gasteiger partial charge in [0.05, 0.1) is 0 Å². The van der Waals surface area contributed by atoms with Crippen LogP contribution in [0.2, 0.25) is 0 Å². The van der Waals surface area contributed by atoms with Crippen LogP contribution in [0.5, 0.6) is 0 Å². The van der Waals surface area contributed by atoms with Crippen LogP contribution in [0.15, 0.2) is 23.0 Å². The minimum absolute atomic E-state index is 0.150. The fourth-order valence-corrected chi connectivity index (χ4v) is 8.66. The van der Waals surface area contributed by atoms with Crippen molar-refractivity contribution in [1.82, 2.24) is 0 Å². The molecule has 3 aliphatic rings. The lowest BCUT2D eigenvalue weighted by Gasteiger charge is -2.39. The molecule has 0 heterocycles. The predicted octanol–water partition coefficient (Wildman–Crippen LogP) is 6.76. The Bertz CT molecular complexity index is 349. The van der Waals surface area contributed by atoms with Crippen LogP contribution in [0.1, 0.15) is 84.0 Å². The van der Waals surface area contributed by atoms with Gasteiger partial charge >= 0.3 is 0 Å². The molecule has 0 nitrogen and oxygen atoms in total. The fourth-order valence-electron chi connectivity index (χ4n) is 4.54. The second-order valence-electron chi connectivity index (χ2n) is 6.94. The van der Waals surface area contributed by atoms with Gasteiger partial charge in [0.15, 0.2) is 0 Å². The predicted molar refractivity (Wildman–Crippen MR) is 91.7 cm³/mol. The molecule has 0 amide bonds. The highest BCUT2D eigenvalue weighted by atomic mass is 31.1. The van der Waals surface area contributed by atoms with Crippen LogP contribution >= 0.6 is 7.92 Å². The zero-order valence-corrected chi connectivity index (χ0v) is 14.1. The minimum atomic E-state index is 0.150. The normalized spacial score (nSPS) is 25.9. The van der Waals surface area contributed by atoms with E-state index in [1.807, 2.05) is 5.31 Å². The van der Waals surface area contributed by atoms with Crippen LogP contribution in [0.25, 0.3) is 0 Å². The third-order valence-electron chi connectivity index (χ3n) is 5.64. The fraction of sp³-hybridized carbons (Fsp3) is 0.789. The van der Waals surface area contributed by atoms with Crippen molar-refractivity contribution in [2.45, 2.75) is 95.3 Å². The molecule has 0 aliphatic heterocycles. The highest BCUT2D eigenvalue weighted by molar-refractivity contribution is 7.63. The highest BCUT2D eigenvalue weighted by Gasteiger charge is 2.34. The van der Waals surface area contributed by atoms with E-state index in [1.165, 1.54) is 77.0 Å². The summed E-state index contributed by atoms with van der Waals surface area (Å²) in [6, 6.07) is 0. The zero-order valence-electron chi connectivity index (χ0n) is 13.2. The number of rotatable bonds is 4. The summed E-state index contributed by atoms with van der Waals surface area (Å²) < 4.78 is 0. The van der Waals surface area contributed by atoms with Crippen LogP contribution in [0.3, 0.4) is 0 Å². The van der Waals surface area contributed by atoms with Crippen LogP contribution in [0.4, 0.5) is 0 Å². The van der Waals surface area contributed by atoms with Crippen molar-refractivity contribution in [3.63, 3.8) is 0 Å². The Kier molecular flexibility index (Phi) is 5.38. The molecule has 20 heavy (non-hydrogen) atoms. The molecule has 0 aromatic heterocycles. The third-order valence-corrected chi connectivity index (χ3v) is 9.27. The number of allylic oxidation sites excluding steroid dienone is 4. The van der Waals surface area contributed by atoms with Gasteiger partial charge in [0.25, 0.3) is 0 Å². The minimum Gasteiger partial charge on any atom is -0.0798 e. The van der Waals surface area contributed by atoms with Crippen molar-refractivity contribution in [3.8, 4) is 0 Å². The molecule has 0 unspecified atom stereocenters. The first-order chi connectivity index (χ1) is 9.90. The molecule has 112 valence electrons. The lowest BCUT2D eigenvalue weighted by atomic mass is 9.99. The average molecular weight is 290 g/mol. The first kappa shape index (κ1) is 14.8. The molecule has 0 saturated heterocycles. The van der Waals surface area contributed by atoms with Crippen LogP contribution < -0.4 is 0 Å². The number of hydrogen-bond acceptors (Lipinski definition) is 0. The van der Waals surface area contributed by atoms with Crippen LogP contribution in [0, 0.1) is 0 Å². The van der Waals surface area contributed by atoms with Gasteiger partial charge in [-0.05, 0) is 55.2 Å². The monoisotopic (exact) mass is 290 g/mol. The Hall–Kier alpha value is -0.0900. The Morgan fingerprint density at radius 1 is 0.900 bits per heavy atom. The molecule has 0 radical (unpaired) electrons. The van der Waals surface area contributed by atoms with Crippen molar-refractivity contribution < 1.29 is 0 Å². The van der Waals surface area contributed by atoms with E-state index in [1.54, 1.807) is 5.57 Å². The molecule has 0 atom stereocenters. The van der Waals surface area contributed by atoms with Gasteiger partial charge in [-0.25, -0.2) is 0 Å². The van der Waals surface area contributed by atoms with E-state index in [-0.39, 0.29) is 7.92 Å². The SMILES string of the molecule is CCC1=C(P(C2CCCCC2)C2CCCCC2)C=CC1. The van der Waals surface area contributed by atoms with Gasteiger partial charge in [-0.3, -0.25) is 0 Å². The summed E-state index contributed by atoms with van der Waals surface area (Å²) in [7, 11) is 0.150. The lowest BCUT2D eigenvalue weighted by molar-refractivity contribution is 0.486. The van der Waals surface area contributed by atoms with E-state index < -0.39 is 0 Å². The van der Waals surface area contributed by atoms with Crippen molar-refractivity contribution in [2.24, 2.45) is 0 Å². The average Bonchev–Trinajstić information content (AvgIpc) is 2.98. The Morgan fingerprint density at radius 2 is 1.45 bits per heavy atom. The topological polar surface area (TPSA) is 0 Å². The van der Waals surface area contributed by atoms with E-state index >= 15 is 0 Å². The maximum absolute atomic E-state index is 2.55. The second-order valence-corrected chi connectivity index (χ2v) is 9.70. The quantitative estimate of drug-likeness (QED) is 0.502. The Labute approximate surface area is 126 Å². The summed E-state index contributed by atoms with van der Waals surface area (Å²) in [4.78, 5) is 0. The number of hydrogen-bond donors (Lipinski definition) is 0. The molecule has 2 saturated carbocycles. The van der Waals surface area contributed by atoms with E-state index in [2.05, 4.69) is 19.1 Å². The summed E-state index contributed by atoms with van der Waals surface area (Å²) in [5, 5.41) is 1.86. The first-order valence-electron chi connectivity index (χ1n) is 9.07. The molecule has 0 aromatic carbocycles. The largest absolute Gasteiger partial charge is 0.0798 e. The standard InChI is InChI=1S/C19H31P/c1-2-16-10-9-15-19(16)20(17-11-5-3-6-12-17)18-13-7-4-8-14-18/h9,15,17-18H,2-8,10-14H2,1H3. The zero-order chi connectivity index (χ0) is 13.8. The van der Waals surface area contributed by atoms with Gasteiger partial charge in [0, 0.05) is 0 Å². The maximum Gasteiger partial charge on any atom is -0.0126 e. The van der Waals surface area contributed by atoms with Gasteiger partial charge in [-0.1, -0.05) is 71.1 Å². The summed E-state index contributed by atoms with van der Waals surface area (Å²) >= 11 is 0. The third kappa shape index (κ3) is 3.22. The lowest BCUT2D eigenvalue weighted by Crippen LogP contribution is -2.21. The summed E-state index contributed by atoms with van der Waals surface area (Å²) in [6.45, 7) is 2.37. The van der Waals surface area contributed by atoms with Crippen molar-refractivity contribution in [3.05, 3.63) is 23.0 Å².